The third-order valence-electron chi connectivity index (χ3n) is 3.28. The Kier molecular flexibility index (Phi) is 4.11. The number of methoxy groups -OCH3 is 1. The molecule has 1 amide bonds. The molecule has 0 aliphatic carbocycles. The van der Waals surface area contributed by atoms with E-state index < -0.39 is 0 Å². The summed E-state index contributed by atoms with van der Waals surface area (Å²) in [4.78, 5) is 11.9. The van der Waals surface area contributed by atoms with E-state index in [2.05, 4.69) is 10.6 Å². The van der Waals surface area contributed by atoms with Crippen molar-refractivity contribution < 1.29 is 9.53 Å². The van der Waals surface area contributed by atoms with E-state index in [1.165, 1.54) is 0 Å². The predicted octanol–water partition coefficient (Wildman–Crippen LogP) is 0.526. The molecule has 2 unspecified atom stereocenters. The maximum atomic E-state index is 11.9. The Morgan fingerprint density at radius 3 is 2.73 bits per heavy atom. The first-order valence-electron chi connectivity index (χ1n) is 5.55. The lowest BCUT2D eigenvalue weighted by Crippen LogP contribution is -2.48. The summed E-state index contributed by atoms with van der Waals surface area (Å²) in [5.74, 6) is 0.112. The van der Waals surface area contributed by atoms with Crippen LogP contribution in [0.1, 0.15) is 27.2 Å². The van der Waals surface area contributed by atoms with Gasteiger partial charge in [0.2, 0.25) is 5.91 Å². The number of hydrogen-bond acceptors (Lipinski definition) is 3. The molecule has 0 aromatic rings. The minimum absolute atomic E-state index is 0.0987. The van der Waals surface area contributed by atoms with Crippen molar-refractivity contribution >= 4 is 5.91 Å². The molecule has 0 saturated carbocycles. The second-order valence-corrected chi connectivity index (χ2v) is 4.75. The van der Waals surface area contributed by atoms with E-state index in [1.54, 1.807) is 7.11 Å². The zero-order valence-corrected chi connectivity index (χ0v) is 10.1. The van der Waals surface area contributed by atoms with Crippen LogP contribution in [0.15, 0.2) is 0 Å². The van der Waals surface area contributed by atoms with E-state index >= 15 is 0 Å². The van der Waals surface area contributed by atoms with Crippen molar-refractivity contribution in [3.05, 3.63) is 0 Å². The first-order valence-corrected chi connectivity index (χ1v) is 5.55. The van der Waals surface area contributed by atoms with Gasteiger partial charge in [0.25, 0.3) is 0 Å². The molecule has 15 heavy (non-hydrogen) atoms. The molecule has 0 aromatic heterocycles. The Balaban J connectivity index is 2.51. The molecule has 1 aliphatic rings. The smallest absolute Gasteiger partial charge is 0.225 e. The fourth-order valence-corrected chi connectivity index (χ4v) is 1.57. The Bertz CT molecular complexity index is 229. The van der Waals surface area contributed by atoms with Crippen molar-refractivity contribution in [2.24, 2.45) is 5.41 Å². The van der Waals surface area contributed by atoms with Crippen molar-refractivity contribution in [1.82, 2.24) is 10.6 Å². The van der Waals surface area contributed by atoms with Gasteiger partial charge in [0.05, 0.1) is 12.1 Å². The lowest BCUT2D eigenvalue weighted by molar-refractivity contribution is -0.130. The maximum absolute atomic E-state index is 11.9. The molecule has 1 rings (SSSR count). The van der Waals surface area contributed by atoms with E-state index in [9.17, 15) is 4.79 Å². The summed E-state index contributed by atoms with van der Waals surface area (Å²) in [6, 6.07) is 0.105. The third-order valence-corrected chi connectivity index (χ3v) is 3.28. The number of rotatable bonds is 4. The Labute approximate surface area is 91.8 Å². The van der Waals surface area contributed by atoms with Crippen molar-refractivity contribution in [1.29, 1.82) is 0 Å². The average Bonchev–Trinajstić information content (AvgIpc) is 2.65. The monoisotopic (exact) mass is 214 g/mol. The molecule has 4 nitrogen and oxygen atoms in total. The van der Waals surface area contributed by atoms with Crippen molar-refractivity contribution in [3.8, 4) is 0 Å². The number of carbonyl (C=O) groups is 1. The summed E-state index contributed by atoms with van der Waals surface area (Å²) in [5.41, 5.74) is -0.291. The van der Waals surface area contributed by atoms with Gasteiger partial charge in [0, 0.05) is 25.6 Å². The average molecular weight is 214 g/mol. The van der Waals surface area contributed by atoms with Gasteiger partial charge < -0.3 is 15.4 Å². The molecule has 0 radical (unpaired) electrons. The molecular weight excluding hydrogens is 192 g/mol. The number of hydrogen-bond donors (Lipinski definition) is 2. The molecule has 1 aliphatic heterocycles. The van der Waals surface area contributed by atoms with Crippen LogP contribution in [0.4, 0.5) is 0 Å². The third kappa shape index (κ3) is 2.92. The fraction of sp³-hybridized carbons (Fsp3) is 0.909. The molecule has 1 fully saturated rings. The van der Waals surface area contributed by atoms with E-state index in [0.29, 0.717) is 0 Å². The fourth-order valence-electron chi connectivity index (χ4n) is 1.57. The van der Waals surface area contributed by atoms with Crippen molar-refractivity contribution in [2.45, 2.75) is 39.3 Å². The van der Waals surface area contributed by atoms with E-state index in [0.717, 1.165) is 19.5 Å². The van der Waals surface area contributed by atoms with Crippen LogP contribution in [0.3, 0.4) is 0 Å². The van der Waals surface area contributed by atoms with Crippen LogP contribution in [-0.2, 0) is 9.53 Å². The number of carbonyl (C=O) groups excluding carboxylic acids is 1. The highest BCUT2D eigenvalue weighted by Gasteiger charge is 2.32. The van der Waals surface area contributed by atoms with Gasteiger partial charge in [-0.25, -0.2) is 0 Å². The maximum Gasteiger partial charge on any atom is 0.225 e. The zero-order valence-electron chi connectivity index (χ0n) is 10.1. The van der Waals surface area contributed by atoms with E-state index in [1.807, 2.05) is 20.8 Å². The van der Waals surface area contributed by atoms with Gasteiger partial charge in [0.1, 0.15) is 0 Å². The van der Waals surface area contributed by atoms with Gasteiger partial charge in [0.15, 0.2) is 0 Å². The first-order chi connectivity index (χ1) is 7.01. The summed E-state index contributed by atoms with van der Waals surface area (Å²) < 4.78 is 5.29. The Morgan fingerprint density at radius 2 is 2.20 bits per heavy atom. The molecule has 2 atom stereocenters. The molecule has 4 heteroatoms. The molecule has 2 N–H and O–H groups in total. The van der Waals surface area contributed by atoms with Crippen LogP contribution >= 0.6 is 0 Å². The van der Waals surface area contributed by atoms with Crippen LogP contribution in [-0.4, -0.2) is 38.3 Å². The van der Waals surface area contributed by atoms with Crippen molar-refractivity contribution in [2.75, 3.05) is 20.2 Å². The summed E-state index contributed by atoms with van der Waals surface area (Å²) in [6.07, 6.45) is 0.943. The van der Waals surface area contributed by atoms with Gasteiger partial charge >= 0.3 is 0 Å². The SMILES string of the molecule is CCC(C)(C)C(=O)NC1CNCC1OC. The van der Waals surface area contributed by atoms with Crippen LogP contribution in [0.5, 0.6) is 0 Å². The van der Waals surface area contributed by atoms with Crippen LogP contribution in [0.25, 0.3) is 0 Å². The molecule has 88 valence electrons. The highest BCUT2D eigenvalue weighted by Crippen LogP contribution is 2.20. The van der Waals surface area contributed by atoms with E-state index in [-0.39, 0.29) is 23.5 Å². The normalized spacial score (nSPS) is 26.7. The quantitative estimate of drug-likeness (QED) is 0.717. The minimum Gasteiger partial charge on any atom is -0.378 e. The first kappa shape index (κ1) is 12.5. The second kappa shape index (κ2) is 4.94. The molecule has 0 bridgehead atoms. The molecule has 1 heterocycles. The van der Waals surface area contributed by atoms with Gasteiger partial charge in [-0.2, -0.15) is 0 Å². The minimum atomic E-state index is -0.291. The Morgan fingerprint density at radius 1 is 1.53 bits per heavy atom. The number of ether oxygens (including phenoxy) is 1. The summed E-state index contributed by atoms with van der Waals surface area (Å²) in [6.45, 7) is 7.57. The van der Waals surface area contributed by atoms with Gasteiger partial charge in [-0.05, 0) is 6.42 Å². The number of amides is 1. The van der Waals surface area contributed by atoms with Crippen LogP contribution in [0, 0.1) is 5.41 Å². The highest BCUT2D eigenvalue weighted by atomic mass is 16.5. The van der Waals surface area contributed by atoms with Gasteiger partial charge in [-0.15, -0.1) is 0 Å². The molecule has 0 aromatic carbocycles. The summed E-state index contributed by atoms with van der Waals surface area (Å²) >= 11 is 0. The summed E-state index contributed by atoms with van der Waals surface area (Å²) in [7, 11) is 1.68. The van der Waals surface area contributed by atoms with Gasteiger partial charge in [-0.1, -0.05) is 20.8 Å². The second-order valence-electron chi connectivity index (χ2n) is 4.75. The van der Waals surface area contributed by atoms with E-state index in [4.69, 9.17) is 4.74 Å². The lowest BCUT2D eigenvalue weighted by atomic mass is 9.89. The number of nitrogens with one attached hydrogen (secondary N) is 2. The Hall–Kier alpha value is -0.610. The summed E-state index contributed by atoms with van der Waals surface area (Å²) in [5, 5.41) is 6.25. The molecule has 1 saturated heterocycles. The van der Waals surface area contributed by atoms with Crippen LogP contribution < -0.4 is 10.6 Å². The topological polar surface area (TPSA) is 50.4 Å². The van der Waals surface area contributed by atoms with Crippen molar-refractivity contribution in [3.63, 3.8) is 0 Å². The predicted molar refractivity (Wildman–Crippen MR) is 59.7 cm³/mol. The standard InChI is InChI=1S/C11H22N2O2/c1-5-11(2,3)10(14)13-8-6-12-7-9(8)15-4/h8-9,12H,5-7H2,1-4H3,(H,13,14). The zero-order chi connectivity index (χ0) is 11.5. The highest BCUT2D eigenvalue weighted by molar-refractivity contribution is 5.82. The van der Waals surface area contributed by atoms with Crippen LogP contribution in [0.2, 0.25) is 0 Å². The van der Waals surface area contributed by atoms with Gasteiger partial charge in [-0.3, -0.25) is 4.79 Å². The molecule has 0 spiro atoms. The largest absolute Gasteiger partial charge is 0.378 e. The lowest BCUT2D eigenvalue weighted by Gasteiger charge is -2.26. The molecular formula is C11H22N2O2.